The van der Waals surface area contributed by atoms with Crippen molar-refractivity contribution in [2.45, 2.75) is 27.3 Å². The highest BCUT2D eigenvalue weighted by Crippen LogP contribution is 2.27. The van der Waals surface area contributed by atoms with Crippen LogP contribution in [-0.4, -0.2) is 21.4 Å². The Kier molecular flexibility index (Phi) is 4.36. The van der Waals surface area contributed by atoms with Crippen LogP contribution in [0.1, 0.15) is 24.1 Å². The molecule has 2 N–H and O–H groups in total. The van der Waals surface area contributed by atoms with Crippen molar-refractivity contribution in [2.24, 2.45) is 0 Å². The van der Waals surface area contributed by atoms with E-state index in [2.05, 4.69) is 20.6 Å². The summed E-state index contributed by atoms with van der Waals surface area (Å²) in [5.74, 6) is 2.01. The van der Waals surface area contributed by atoms with Gasteiger partial charge in [-0.25, -0.2) is 4.98 Å². The third-order valence-electron chi connectivity index (χ3n) is 2.80. The first-order valence-electron chi connectivity index (χ1n) is 6.57. The van der Waals surface area contributed by atoms with Gasteiger partial charge in [-0.05, 0) is 32.9 Å². The van der Waals surface area contributed by atoms with Crippen molar-refractivity contribution in [3.63, 3.8) is 0 Å². The predicted octanol–water partition coefficient (Wildman–Crippen LogP) is 2.64. The highest BCUT2D eigenvalue weighted by molar-refractivity contribution is 5.60. The summed E-state index contributed by atoms with van der Waals surface area (Å²) in [7, 11) is 0. The average molecular weight is 291 g/mol. The van der Waals surface area contributed by atoms with Gasteiger partial charge >= 0.3 is 5.69 Å². The van der Waals surface area contributed by atoms with Crippen LogP contribution in [0.4, 0.5) is 17.5 Å². The minimum Gasteiger partial charge on any atom is -0.465 e. The van der Waals surface area contributed by atoms with Crippen molar-refractivity contribution < 1.29 is 9.34 Å². The Morgan fingerprint density at radius 3 is 2.62 bits per heavy atom. The first kappa shape index (κ1) is 14.8. The Hall–Kier alpha value is -2.64. The van der Waals surface area contributed by atoms with Gasteiger partial charge in [0.25, 0.3) is 0 Å². The van der Waals surface area contributed by atoms with Crippen LogP contribution in [0, 0.1) is 24.0 Å². The van der Waals surface area contributed by atoms with E-state index >= 15 is 0 Å². The molecule has 2 rings (SSSR count). The van der Waals surface area contributed by atoms with Gasteiger partial charge in [-0.15, -0.1) is 0 Å². The van der Waals surface area contributed by atoms with Crippen molar-refractivity contribution in [3.8, 4) is 0 Å². The maximum atomic E-state index is 11.2. The highest BCUT2D eigenvalue weighted by atomic mass is 16.6. The monoisotopic (exact) mass is 291 g/mol. The largest absolute Gasteiger partial charge is 0.465 e. The molecule has 2 heterocycles. The number of hydrogen-bond acceptors (Lipinski definition) is 7. The van der Waals surface area contributed by atoms with Gasteiger partial charge in [0.05, 0.1) is 11.5 Å². The molecule has 0 saturated heterocycles. The Morgan fingerprint density at radius 2 is 2.05 bits per heavy atom. The lowest BCUT2D eigenvalue weighted by atomic mass is 10.3. The van der Waals surface area contributed by atoms with Gasteiger partial charge in [-0.3, -0.25) is 10.1 Å². The number of anilines is 2. The summed E-state index contributed by atoms with van der Waals surface area (Å²) in [4.78, 5) is 18.9. The van der Waals surface area contributed by atoms with Gasteiger partial charge in [0.2, 0.25) is 11.8 Å². The van der Waals surface area contributed by atoms with Crippen molar-refractivity contribution in [1.82, 2.24) is 9.97 Å². The molecule has 0 aromatic carbocycles. The molecule has 0 spiro atoms. The van der Waals surface area contributed by atoms with E-state index < -0.39 is 4.92 Å². The third kappa shape index (κ3) is 3.47. The predicted molar refractivity (Wildman–Crippen MR) is 78.4 cm³/mol. The molecule has 112 valence electrons. The van der Waals surface area contributed by atoms with E-state index in [-0.39, 0.29) is 11.5 Å². The van der Waals surface area contributed by atoms with Crippen molar-refractivity contribution in [3.05, 3.63) is 39.5 Å². The van der Waals surface area contributed by atoms with Gasteiger partial charge in [0.15, 0.2) is 0 Å². The quantitative estimate of drug-likeness (QED) is 0.622. The molecule has 0 atom stereocenters. The van der Waals surface area contributed by atoms with Crippen LogP contribution in [0.2, 0.25) is 0 Å². The Balaban J connectivity index is 2.28. The number of nitrogens with zero attached hydrogens (tertiary/aromatic N) is 3. The Morgan fingerprint density at radius 1 is 1.29 bits per heavy atom. The second-order valence-corrected chi connectivity index (χ2v) is 4.48. The molecule has 21 heavy (non-hydrogen) atoms. The molecule has 0 bridgehead atoms. The van der Waals surface area contributed by atoms with Gasteiger partial charge < -0.3 is 15.1 Å². The first-order chi connectivity index (χ1) is 10.0. The Labute approximate surface area is 121 Å². The van der Waals surface area contributed by atoms with Gasteiger partial charge in [0, 0.05) is 6.54 Å². The summed E-state index contributed by atoms with van der Waals surface area (Å²) in [6, 6.07) is 3.65. The molecule has 0 aliphatic rings. The molecular formula is C13H17N5O3. The number of rotatable bonds is 6. The average Bonchev–Trinajstić information content (AvgIpc) is 2.81. The summed E-state index contributed by atoms with van der Waals surface area (Å²) < 4.78 is 5.42. The van der Waals surface area contributed by atoms with Crippen molar-refractivity contribution >= 4 is 17.5 Å². The van der Waals surface area contributed by atoms with E-state index in [1.165, 1.54) is 0 Å². The maximum absolute atomic E-state index is 11.2. The lowest BCUT2D eigenvalue weighted by Gasteiger charge is -2.09. The topological polar surface area (TPSA) is 106 Å². The lowest BCUT2D eigenvalue weighted by Crippen LogP contribution is -2.10. The van der Waals surface area contributed by atoms with Gasteiger partial charge in [-0.2, -0.15) is 4.98 Å². The molecule has 0 radical (unpaired) electrons. The summed E-state index contributed by atoms with van der Waals surface area (Å²) in [6.07, 6.45) is 0. The number of nitro groups is 1. The molecule has 0 fully saturated rings. The number of furan rings is 1. The summed E-state index contributed by atoms with van der Waals surface area (Å²) in [6.45, 7) is 6.27. The fourth-order valence-corrected chi connectivity index (χ4v) is 1.90. The number of hydrogen-bond donors (Lipinski definition) is 2. The molecule has 2 aromatic heterocycles. The van der Waals surface area contributed by atoms with Crippen LogP contribution >= 0.6 is 0 Å². The summed E-state index contributed by atoms with van der Waals surface area (Å²) in [5.41, 5.74) is 0.184. The third-order valence-corrected chi connectivity index (χ3v) is 2.80. The van der Waals surface area contributed by atoms with E-state index in [0.29, 0.717) is 30.5 Å². The molecule has 0 amide bonds. The molecule has 0 unspecified atom stereocenters. The second kappa shape index (κ2) is 6.21. The van der Waals surface area contributed by atoms with E-state index in [4.69, 9.17) is 4.42 Å². The highest BCUT2D eigenvalue weighted by Gasteiger charge is 2.22. The van der Waals surface area contributed by atoms with Gasteiger partial charge in [-0.1, -0.05) is 0 Å². The van der Waals surface area contributed by atoms with Crippen LogP contribution in [-0.2, 0) is 6.54 Å². The van der Waals surface area contributed by atoms with Crippen LogP contribution < -0.4 is 10.6 Å². The number of aryl methyl sites for hydroxylation is 2. The fraction of sp³-hybridized carbons (Fsp3) is 0.385. The molecule has 0 saturated carbocycles. The smallest absolute Gasteiger partial charge is 0.332 e. The van der Waals surface area contributed by atoms with E-state index in [1.807, 2.05) is 26.0 Å². The van der Waals surface area contributed by atoms with Crippen molar-refractivity contribution in [1.29, 1.82) is 0 Å². The Bertz CT molecular complexity index is 653. The van der Waals surface area contributed by atoms with Crippen LogP contribution in [0.3, 0.4) is 0 Å². The zero-order valence-corrected chi connectivity index (χ0v) is 12.1. The normalized spacial score (nSPS) is 10.4. The minimum absolute atomic E-state index is 0.125. The zero-order chi connectivity index (χ0) is 15.4. The van der Waals surface area contributed by atoms with Crippen LogP contribution in [0.25, 0.3) is 0 Å². The fourth-order valence-electron chi connectivity index (χ4n) is 1.90. The lowest BCUT2D eigenvalue weighted by molar-refractivity contribution is -0.385. The van der Waals surface area contributed by atoms with Crippen LogP contribution in [0.15, 0.2) is 16.5 Å². The molecular weight excluding hydrogens is 274 g/mol. The molecule has 8 nitrogen and oxygen atoms in total. The summed E-state index contributed by atoms with van der Waals surface area (Å²) in [5, 5.41) is 17.1. The maximum Gasteiger partial charge on any atom is 0.332 e. The molecule has 0 aliphatic carbocycles. The van der Waals surface area contributed by atoms with E-state index in [9.17, 15) is 10.1 Å². The second-order valence-electron chi connectivity index (χ2n) is 4.48. The standard InChI is InChI=1S/C13H17N5O3/c1-4-14-13-16-9(3)11(18(19)20)12(17-13)15-7-10-6-5-8(2)21-10/h5-6H,4,7H2,1-3H3,(H2,14,15,16,17). The first-order valence-corrected chi connectivity index (χ1v) is 6.57. The van der Waals surface area contributed by atoms with Gasteiger partial charge in [0.1, 0.15) is 17.2 Å². The molecule has 2 aromatic rings. The van der Waals surface area contributed by atoms with Crippen LogP contribution in [0.5, 0.6) is 0 Å². The minimum atomic E-state index is -0.485. The number of nitrogens with one attached hydrogen (secondary N) is 2. The zero-order valence-electron chi connectivity index (χ0n) is 12.1. The summed E-state index contributed by atoms with van der Waals surface area (Å²) >= 11 is 0. The van der Waals surface area contributed by atoms with Crippen molar-refractivity contribution in [2.75, 3.05) is 17.2 Å². The van der Waals surface area contributed by atoms with E-state index in [1.54, 1.807) is 6.92 Å². The van der Waals surface area contributed by atoms with E-state index in [0.717, 1.165) is 5.76 Å². The number of aromatic nitrogens is 2. The molecule has 0 aliphatic heterocycles. The molecule has 8 heteroatoms. The SMILES string of the molecule is CCNc1nc(C)c([N+](=O)[O-])c(NCc2ccc(C)o2)n1.